The zero-order chi connectivity index (χ0) is 25.1. The first-order chi connectivity index (χ1) is 16.8. The molecule has 182 valence electrons. The molecule has 0 N–H and O–H groups in total. The molecule has 0 saturated heterocycles. The Bertz CT molecular complexity index is 1430. The lowest BCUT2D eigenvalue weighted by atomic mass is 9.96. The normalized spacial score (nSPS) is 15.6. The van der Waals surface area contributed by atoms with Gasteiger partial charge in [-0.25, -0.2) is 9.79 Å². The average Bonchev–Trinajstić information content (AvgIpc) is 3.13. The van der Waals surface area contributed by atoms with E-state index in [1.807, 2.05) is 68.5 Å². The molecule has 0 spiro atoms. The van der Waals surface area contributed by atoms with Crippen molar-refractivity contribution in [2.45, 2.75) is 39.8 Å². The van der Waals surface area contributed by atoms with E-state index in [9.17, 15) is 9.59 Å². The summed E-state index contributed by atoms with van der Waals surface area (Å²) in [5.41, 5.74) is 2.31. The largest absolute Gasteiger partial charge is 0.497 e. The Balaban J connectivity index is 1.85. The highest BCUT2D eigenvalue weighted by atomic mass is 32.1. The Morgan fingerprint density at radius 1 is 1.11 bits per heavy atom. The van der Waals surface area contributed by atoms with Crippen molar-refractivity contribution in [1.29, 1.82) is 0 Å². The number of hydrogen-bond acceptors (Lipinski definition) is 7. The van der Waals surface area contributed by atoms with Crippen molar-refractivity contribution in [1.82, 2.24) is 4.57 Å². The van der Waals surface area contributed by atoms with Crippen LogP contribution in [0.2, 0.25) is 0 Å². The molecule has 0 fully saturated rings. The Hall–Kier alpha value is -3.65. The second kappa shape index (κ2) is 10.3. The number of benzene rings is 2. The third-order valence-corrected chi connectivity index (χ3v) is 6.48. The first kappa shape index (κ1) is 24.5. The van der Waals surface area contributed by atoms with Crippen LogP contribution in [0.3, 0.4) is 0 Å². The van der Waals surface area contributed by atoms with Gasteiger partial charge in [0, 0.05) is 0 Å². The van der Waals surface area contributed by atoms with Gasteiger partial charge in [0.05, 0.1) is 41.7 Å². The molecule has 1 unspecified atom stereocenters. The van der Waals surface area contributed by atoms with Crippen molar-refractivity contribution in [2.24, 2.45) is 4.99 Å². The topological polar surface area (TPSA) is 79.1 Å². The van der Waals surface area contributed by atoms with Crippen LogP contribution < -0.4 is 24.4 Å². The Kier molecular flexibility index (Phi) is 7.21. The molecule has 0 aliphatic carbocycles. The van der Waals surface area contributed by atoms with E-state index in [1.54, 1.807) is 25.5 Å². The molecule has 4 rings (SSSR count). The predicted molar refractivity (Wildman–Crippen MR) is 136 cm³/mol. The number of esters is 1. The minimum atomic E-state index is -0.653. The van der Waals surface area contributed by atoms with Gasteiger partial charge >= 0.3 is 5.97 Å². The monoisotopic (exact) mass is 492 g/mol. The van der Waals surface area contributed by atoms with Crippen LogP contribution in [0.25, 0.3) is 6.08 Å². The fraction of sp³-hybridized carbons (Fsp3) is 0.296. The number of carbonyl (C=O) groups excluding carboxylic acids is 1. The van der Waals surface area contributed by atoms with E-state index >= 15 is 0 Å². The van der Waals surface area contributed by atoms with E-state index in [4.69, 9.17) is 14.2 Å². The Morgan fingerprint density at radius 2 is 1.77 bits per heavy atom. The maximum absolute atomic E-state index is 13.6. The van der Waals surface area contributed by atoms with Gasteiger partial charge in [-0.3, -0.25) is 9.36 Å². The maximum Gasteiger partial charge on any atom is 0.338 e. The highest BCUT2D eigenvalue weighted by molar-refractivity contribution is 7.07. The van der Waals surface area contributed by atoms with Gasteiger partial charge in [-0.2, -0.15) is 0 Å². The maximum atomic E-state index is 13.6. The third-order valence-electron chi connectivity index (χ3n) is 5.50. The molecular weight excluding hydrogens is 464 g/mol. The number of carbonyl (C=O) groups is 1. The third kappa shape index (κ3) is 5.07. The molecule has 35 heavy (non-hydrogen) atoms. The second-order valence-corrected chi connectivity index (χ2v) is 9.32. The van der Waals surface area contributed by atoms with Gasteiger partial charge in [-0.05, 0) is 69.2 Å². The molecule has 3 aromatic rings. The Labute approximate surface area is 207 Å². The summed E-state index contributed by atoms with van der Waals surface area (Å²) in [4.78, 5) is 31.7. The molecule has 0 amide bonds. The fourth-order valence-electron chi connectivity index (χ4n) is 3.96. The molecule has 1 aliphatic heterocycles. The van der Waals surface area contributed by atoms with Crippen LogP contribution in [-0.2, 0) is 9.53 Å². The summed E-state index contributed by atoms with van der Waals surface area (Å²) in [6.45, 7) is 7.70. The number of allylic oxidation sites excluding steroid dienone is 1. The van der Waals surface area contributed by atoms with Gasteiger partial charge in [-0.1, -0.05) is 35.6 Å². The predicted octanol–water partition coefficient (Wildman–Crippen LogP) is 3.59. The second-order valence-electron chi connectivity index (χ2n) is 8.31. The van der Waals surface area contributed by atoms with Crippen LogP contribution in [0.4, 0.5) is 0 Å². The van der Waals surface area contributed by atoms with E-state index in [0.29, 0.717) is 26.4 Å². The lowest BCUT2D eigenvalue weighted by molar-refractivity contribution is -0.139. The first-order valence-electron chi connectivity index (χ1n) is 11.4. The molecule has 2 heterocycles. The van der Waals surface area contributed by atoms with Gasteiger partial charge in [0.25, 0.3) is 5.56 Å². The molecule has 0 bridgehead atoms. The summed E-state index contributed by atoms with van der Waals surface area (Å²) in [7, 11) is 1.59. The SMILES string of the molecule is CCOC(=O)C1=C(C)N=c2s/c(=C/c3ccc(OC(C)C)cc3)c(=O)n2C1c1ccc(OC)cc1. The molecule has 1 aliphatic rings. The van der Waals surface area contributed by atoms with E-state index in [-0.39, 0.29) is 18.3 Å². The molecule has 1 aromatic heterocycles. The van der Waals surface area contributed by atoms with Crippen molar-refractivity contribution in [3.63, 3.8) is 0 Å². The van der Waals surface area contributed by atoms with Crippen molar-refractivity contribution in [3.05, 3.63) is 90.6 Å². The quantitative estimate of drug-likeness (QED) is 0.471. The summed E-state index contributed by atoms with van der Waals surface area (Å²) in [6.07, 6.45) is 1.91. The number of nitrogens with zero attached hydrogens (tertiary/aromatic N) is 2. The average molecular weight is 493 g/mol. The van der Waals surface area contributed by atoms with E-state index in [1.165, 1.54) is 11.3 Å². The van der Waals surface area contributed by atoms with Crippen molar-refractivity contribution < 1.29 is 19.0 Å². The molecule has 7 nitrogen and oxygen atoms in total. The highest BCUT2D eigenvalue weighted by Crippen LogP contribution is 2.31. The fourth-order valence-corrected chi connectivity index (χ4v) is 5.01. The van der Waals surface area contributed by atoms with Crippen LogP contribution >= 0.6 is 11.3 Å². The Morgan fingerprint density at radius 3 is 2.37 bits per heavy atom. The minimum Gasteiger partial charge on any atom is -0.497 e. The van der Waals surface area contributed by atoms with Gasteiger partial charge in [0.15, 0.2) is 4.80 Å². The lowest BCUT2D eigenvalue weighted by Crippen LogP contribution is -2.39. The number of thiazole rings is 1. The van der Waals surface area contributed by atoms with Crippen LogP contribution in [0.1, 0.15) is 44.9 Å². The van der Waals surface area contributed by atoms with E-state index < -0.39 is 12.0 Å². The van der Waals surface area contributed by atoms with Crippen molar-refractivity contribution in [2.75, 3.05) is 13.7 Å². The molecule has 1 atom stereocenters. The van der Waals surface area contributed by atoms with Crippen LogP contribution in [0, 0.1) is 0 Å². The number of aromatic nitrogens is 1. The summed E-state index contributed by atoms with van der Waals surface area (Å²) in [5.74, 6) is 0.974. The number of hydrogen-bond donors (Lipinski definition) is 0. The smallest absolute Gasteiger partial charge is 0.338 e. The summed E-state index contributed by atoms with van der Waals surface area (Å²) in [6, 6.07) is 14.3. The van der Waals surface area contributed by atoms with Gasteiger partial charge in [0.2, 0.25) is 0 Å². The lowest BCUT2D eigenvalue weighted by Gasteiger charge is -2.24. The zero-order valence-electron chi connectivity index (χ0n) is 20.4. The standard InChI is InChI=1S/C27H28N2O5S/c1-6-33-26(31)23-17(4)28-27-29(24(23)19-9-13-20(32-5)14-10-19)25(30)22(35-27)15-18-7-11-21(12-8-18)34-16(2)3/h7-16,24H,6H2,1-5H3/b22-15+. The van der Waals surface area contributed by atoms with Crippen LogP contribution in [-0.4, -0.2) is 30.4 Å². The van der Waals surface area contributed by atoms with Gasteiger partial charge in [-0.15, -0.1) is 0 Å². The number of ether oxygens (including phenoxy) is 3. The number of fused-ring (bicyclic) bond motifs is 1. The molecule has 2 aromatic carbocycles. The van der Waals surface area contributed by atoms with Crippen molar-refractivity contribution >= 4 is 23.4 Å². The van der Waals surface area contributed by atoms with E-state index in [2.05, 4.69) is 4.99 Å². The summed E-state index contributed by atoms with van der Waals surface area (Å²) < 4.78 is 18.4. The van der Waals surface area contributed by atoms with Crippen molar-refractivity contribution in [3.8, 4) is 11.5 Å². The molecular formula is C27H28N2O5S. The minimum absolute atomic E-state index is 0.0827. The zero-order valence-corrected chi connectivity index (χ0v) is 21.2. The molecule has 8 heteroatoms. The van der Waals surface area contributed by atoms with Crippen LogP contribution in [0.15, 0.2) is 69.6 Å². The number of methoxy groups -OCH3 is 1. The summed E-state index contributed by atoms with van der Waals surface area (Å²) >= 11 is 1.29. The molecule has 0 radical (unpaired) electrons. The highest BCUT2D eigenvalue weighted by Gasteiger charge is 2.33. The van der Waals surface area contributed by atoms with E-state index in [0.717, 1.165) is 16.9 Å². The molecule has 0 saturated carbocycles. The summed E-state index contributed by atoms with van der Waals surface area (Å²) in [5, 5.41) is 0. The van der Waals surface area contributed by atoms with Gasteiger partial charge < -0.3 is 14.2 Å². The first-order valence-corrected chi connectivity index (χ1v) is 12.2. The number of rotatable bonds is 7. The van der Waals surface area contributed by atoms with Gasteiger partial charge in [0.1, 0.15) is 11.5 Å². The van der Waals surface area contributed by atoms with Crippen LogP contribution in [0.5, 0.6) is 11.5 Å².